The fourth-order valence-corrected chi connectivity index (χ4v) is 2.13. The molecule has 149 valence electrons. The summed E-state index contributed by atoms with van der Waals surface area (Å²) >= 11 is 0. The zero-order valence-electron chi connectivity index (χ0n) is 12.8. The van der Waals surface area contributed by atoms with Gasteiger partial charge in [-0.2, -0.15) is 26.3 Å². The van der Waals surface area contributed by atoms with Gasteiger partial charge in [0.2, 0.25) is 0 Å². The summed E-state index contributed by atoms with van der Waals surface area (Å²) in [5, 5.41) is 16.3. The molecule has 0 saturated carbocycles. The van der Waals surface area contributed by atoms with Crippen LogP contribution >= 0.6 is 0 Å². The third-order valence-electron chi connectivity index (χ3n) is 2.33. The Morgan fingerprint density at radius 3 is 1.38 bits per heavy atom. The predicted molar refractivity (Wildman–Crippen MR) is 69.2 cm³/mol. The molecule has 0 aromatic heterocycles. The number of halogens is 6. The largest absolute Gasteiger partial charge is 0.536 e. The van der Waals surface area contributed by atoms with Crippen LogP contribution in [0.2, 0.25) is 0 Å². The van der Waals surface area contributed by atoms with E-state index < -0.39 is 39.8 Å². The van der Waals surface area contributed by atoms with Gasteiger partial charge in [0.15, 0.2) is 12.2 Å². The van der Waals surface area contributed by atoms with E-state index in [-0.39, 0.29) is 17.1 Å². The second-order valence-corrected chi connectivity index (χ2v) is 6.64. The zero-order valence-corrected chi connectivity index (χ0v) is 14.8. The number of hydrogen-bond acceptors (Lipinski definition) is 5. The van der Waals surface area contributed by atoms with E-state index in [2.05, 4.69) is 12.3 Å². The summed E-state index contributed by atoms with van der Waals surface area (Å²) in [5.74, 6) is 0. The first-order chi connectivity index (χ1) is 10.3. The Morgan fingerprint density at radius 1 is 0.958 bits per heavy atom. The van der Waals surface area contributed by atoms with E-state index in [0.717, 1.165) is 0 Å². The molecule has 0 aromatic carbocycles. The van der Waals surface area contributed by atoms with Crippen molar-refractivity contribution >= 4 is 8.80 Å². The molecule has 5 nitrogen and oxygen atoms in total. The molecule has 0 bridgehead atoms. The standard InChI is InChI=1S/C6H12O3Si.C5H6F6O2.Cu/c1-5-6-10(7-2,8-3)9-4;6-4(7,8)2(12)1-3(13)5(9,10)11;/h6H,1H2,2-4H3;2-3,12-13H,1H2;. The first-order valence-electron chi connectivity index (χ1n) is 5.81. The summed E-state index contributed by atoms with van der Waals surface area (Å²) in [6.45, 7) is 3.40. The van der Waals surface area contributed by atoms with Gasteiger partial charge in [-0.1, -0.05) is 6.58 Å². The van der Waals surface area contributed by atoms with Crippen LogP contribution in [-0.2, 0) is 30.3 Å². The summed E-state index contributed by atoms with van der Waals surface area (Å²) < 4.78 is 83.9. The number of aliphatic hydroxyl groups excluding tert-OH is 2. The Bertz CT molecular complexity index is 356. The average Bonchev–Trinajstić information content (AvgIpc) is 2.43. The normalized spacial score (nSPS) is 14.5. The monoisotopic (exact) mass is 435 g/mol. The van der Waals surface area contributed by atoms with E-state index in [1.807, 2.05) is 0 Å². The molecule has 0 heterocycles. The third-order valence-corrected chi connectivity index (χ3v) is 4.60. The minimum absolute atomic E-state index is 0. The van der Waals surface area contributed by atoms with Crippen molar-refractivity contribution in [1.82, 2.24) is 0 Å². The molecule has 0 amide bonds. The molecule has 0 aliphatic heterocycles. The molecule has 1 radical (unpaired) electrons. The molecule has 13 heteroatoms. The maximum absolute atomic E-state index is 11.5. The van der Waals surface area contributed by atoms with Crippen LogP contribution in [0.5, 0.6) is 0 Å². The van der Waals surface area contributed by atoms with Gasteiger partial charge >= 0.3 is 21.2 Å². The van der Waals surface area contributed by atoms with E-state index in [1.165, 1.54) is 21.3 Å². The quantitative estimate of drug-likeness (QED) is 0.379. The van der Waals surface area contributed by atoms with Gasteiger partial charge in [0.25, 0.3) is 0 Å². The maximum atomic E-state index is 11.5. The van der Waals surface area contributed by atoms with Crippen LogP contribution in [0.3, 0.4) is 0 Å². The minimum atomic E-state index is -5.15. The molecule has 24 heavy (non-hydrogen) atoms. The van der Waals surface area contributed by atoms with Crippen LogP contribution in [0.4, 0.5) is 26.3 Å². The van der Waals surface area contributed by atoms with Crippen molar-refractivity contribution in [1.29, 1.82) is 0 Å². The van der Waals surface area contributed by atoms with Crippen LogP contribution in [0.1, 0.15) is 6.42 Å². The second kappa shape index (κ2) is 12.1. The molecule has 2 atom stereocenters. The third kappa shape index (κ3) is 11.2. The van der Waals surface area contributed by atoms with Crippen molar-refractivity contribution in [2.75, 3.05) is 21.3 Å². The van der Waals surface area contributed by atoms with E-state index in [1.54, 1.807) is 5.70 Å². The fraction of sp³-hybridized carbons (Fsp3) is 0.727. The topological polar surface area (TPSA) is 68.2 Å². The van der Waals surface area contributed by atoms with Gasteiger partial charge in [-0.25, -0.2) is 0 Å². The van der Waals surface area contributed by atoms with Gasteiger partial charge in [0, 0.05) is 50.5 Å². The van der Waals surface area contributed by atoms with Crippen molar-refractivity contribution in [2.45, 2.75) is 31.0 Å². The number of aliphatic hydroxyl groups is 2. The van der Waals surface area contributed by atoms with Crippen molar-refractivity contribution in [3.63, 3.8) is 0 Å². The van der Waals surface area contributed by atoms with Crippen LogP contribution in [0, 0.1) is 0 Å². The molecule has 2 N–H and O–H groups in total. The maximum Gasteiger partial charge on any atom is 0.536 e. The van der Waals surface area contributed by atoms with Crippen LogP contribution < -0.4 is 0 Å². The molecule has 0 aliphatic carbocycles. The van der Waals surface area contributed by atoms with E-state index in [0.29, 0.717) is 0 Å². The minimum Gasteiger partial charge on any atom is -0.384 e. The average molecular weight is 436 g/mol. The summed E-state index contributed by atoms with van der Waals surface area (Å²) in [6, 6.07) is 0. The van der Waals surface area contributed by atoms with Gasteiger partial charge < -0.3 is 23.5 Å². The van der Waals surface area contributed by atoms with E-state index in [9.17, 15) is 26.3 Å². The molecule has 0 aliphatic rings. The summed E-state index contributed by atoms with van der Waals surface area (Å²) in [6.07, 6.45) is -18.4. The van der Waals surface area contributed by atoms with Gasteiger partial charge in [0.05, 0.1) is 0 Å². The predicted octanol–water partition coefficient (Wildman–Crippen LogP) is 1.97. The molecule has 0 rings (SSSR count). The molecule has 0 saturated heterocycles. The molecule has 0 fully saturated rings. The van der Waals surface area contributed by atoms with Gasteiger partial charge in [-0.05, 0) is 0 Å². The molecule has 0 spiro atoms. The summed E-state index contributed by atoms with van der Waals surface area (Å²) in [7, 11) is 2.09. The smallest absolute Gasteiger partial charge is 0.384 e. The van der Waals surface area contributed by atoms with E-state index in [4.69, 9.17) is 23.5 Å². The summed E-state index contributed by atoms with van der Waals surface area (Å²) in [5.41, 5.74) is 4.16. The second-order valence-electron chi connectivity index (χ2n) is 3.91. The van der Waals surface area contributed by atoms with Crippen molar-refractivity contribution in [3.05, 3.63) is 18.0 Å². The van der Waals surface area contributed by atoms with Gasteiger partial charge in [-0.15, -0.1) is 5.73 Å². The zero-order chi connectivity index (χ0) is 18.9. The summed E-state index contributed by atoms with van der Waals surface area (Å²) in [4.78, 5) is 0. The Hall–Kier alpha value is -0.364. The van der Waals surface area contributed by atoms with Crippen LogP contribution in [0.25, 0.3) is 0 Å². The first-order valence-corrected chi connectivity index (χ1v) is 7.61. The Balaban J connectivity index is -0.000000364. The number of hydrogen-bond donors (Lipinski definition) is 2. The molecular weight excluding hydrogens is 418 g/mol. The Morgan fingerprint density at radius 2 is 1.25 bits per heavy atom. The number of rotatable bonds is 6. The SMILES string of the molecule is C=C=C[Si](OC)(OC)OC.OC(CC(O)C(F)(F)F)C(F)(F)F.[Cu]. The van der Waals surface area contributed by atoms with Crippen molar-refractivity contribution in [2.24, 2.45) is 0 Å². The van der Waals surface area contributed by atoms with Gasteiger partial charge in [-0.3, -0.25) is 0 Å². The first kappa shape index (κ1) is 28.4. The number of alkyl halides is 6. The van der Waals surface area contributed by atoms with Crippen molar-refractivity contribution < 1.29 is 66.9 Å². The van der Waals surface area contributed by atoms with Crippen LogP contribution in [0.15, 0.2) is 18.0 Å². The van der Waals surface area contributed by atoms with E-state index >= 15 is 0 Å². The molecular formula is C11H18CuF6O5Si. The Labute approximate surface area is 146 Å². The van der Waals surface area contributed by atoms with Crippen molar-refractivity contribution in [3.8, 4) is 0 Å². The molecule has 2 unspecified atom stereocenters. The van der Waals surface area contributed by atoms with Crippen LogP contribution in [-0.4, -0.2) is 64.9 Å². The fourth-order valence-electron chi connectivity index (χ4n) is 1.03. The Kier molecular flexibility index (Phi) is 14.3. The van der Waals surface area contributed by atoms with Gasteiger partial charge in [0.1, 0.15) is 0 Å². The molecule has 0 aromatic rings.